The van der Waals surface area contributed by atoms with Crippen LogP contribution in [0.1, 0.15) is 43.2 Å². The van der Waals surface area contributed by atoms with Crippen LogP contribution in [-0.4, -0.2) is 53.1 Å². The number of amides is 3. The summed E-state index contributed by atoms with van der Waals surface area (Å²) in [6, 6.07) is 15.3. The molecule has 0 unspecified atom stereocenters. The highest BCUT2D eigenvalue weighted by atomic mass is 32.1. The maximum absolute atomic E-state index is 13.3. The second-order valence-corrected chi connectivity index (χ2v) is 9.86. The Morgan fingerprint density at radius 2 is 1.85 bits per heavy atom. The lowest BCUT2D eigenvalue weighted by Crippen LogP contribution is -2.46. The Morgan fingerprint density at radius 3 is 2.55 bits per heavy atom. The van der Waals surface area contributed by atoms with Crippen molar-refractivity contribution < 1.29 is 14.3 Å². The number of fused-ring (bicyclic) bond motifs is 1. The minimum absolute atomic E-state index is 0.218. The molecule has 2 aliphatic heterocycles. The van der Waals surface area contributed by atoms with Gasteiger partial charge in [-0.05, 0) is 56.5 Å². The third-order valence-corrected chi connectivity index (χ3v) is 7.81. The second-order valence-electron chi connectivity index (χ2n) is 8.80. The van der Waals surface area contributed by atoms with Crippen LogP contribution in [0.4, 0.5) is 4.79 Å². The van der Waals surface area contributed by atoms with E-state index in [1.54, 1.807) is 18.3 Å². The normalized spacial score (nSPS) is 22.2. The van der Waals surface area contributed by atoms with Gasteiger partial charge in [-0.15, -0.1) is 11.3 Å². The molecule has 0 saturated carbocycles. The second kappa shape index (κ2) is 8.76. The first-order valence-electron chi connectivity index (χ1n) is 11.4. The molecule has 0 aliphatic carbocycles. The third-order valence-electron chi connectivity index (χ3n) is 6.61. The summed E-state index contributed by atoms with van der Waals surface area (Å²) in [6.07, 6.45) is 1.94. The van der Waals surface area contributed by atoms with Gasteiger partial charge in [-0.1, -0.05) is 24.3 Å². The number of carbonyl (C=O) groups is 2. The first-order valence-corrected chi connectivity index (χ1v) is 12.2. The Hall–Kier alpha value is -2.97. The lowest BCUT2D eigenvalue weighted by atomic mass is 9.92. The standard InChI is InChI=1S/C25H28N4O3S/c1-3-32-19-10-8-18(9-11-19)25(2)23(30)29(24(31)27-25)16-28-14-12-17(13-15-28)22-26-20-6-4-5-7-21(20)33-22/h4-11,17H,3,12-16H2,1-2H3,(H,27,31)/t25-/m0/s1. The van der Waals surface area contributed by atoms with Crippen LogP contribution in [0.5, 0.6) is 5.75 Å². The number of benzene rings is 2. The van der Waals surface area contributed by atoms with Gasteiger partial charge in [-0.3, -0.25) is 9.69 Å². The highest BCUT2D eigenvalue weighted by Gasteiger charge is 2.49. The molecular formula is C25H28N4O3S. The lowest BCUT2D eigenvalue weighted by Gasteiger charge is -2.33. The van der Waals surface area contributed by atoms with Gasteiger partial charge >= 0.3 is 6.03 Å². The molecule has 5 rings (SSSR count). The molecular weight excluding hydrogens is 436 g/mol. The van der Waals surface area contributed by atoms with Crippen molar-refractivity contribution in [3.8, 4) is 5.75 Å². The summed E-state index contributed by atoms with van der Waals surface area (Å²) < 4.78 is 6.72. The molecule has 1 N–H and O–H groups in total. The Kier molecular flexibility index (Phi) is 5.80. The SMILES string of the molecule is CCOc1ccc([C@]2(C)NC(=O)N(CN3CCC(c4nc5ccccc5s4)CC3)C2=O)cc1. The predicted molar refractivity (Wildman–Crippen MR) is 128 cm³/mol. The van der Waals surface area contributed by atoms with Crippen LogP contribution in [-0.2, 0) is 10.3 Å². The van der Waals surface area contributed by atoms with E-state index < -0.39 is 5.54 Å². The largest absolute Gasteiger partial charge is 0.494 e. The van der Waals surface area contributed by atoms with Gasteiger partial charge in [0.2, 0.25) is 0 Å². The number of urea groups is 1. The van der Waals surface area contributed by atoms with Crippen molar-refractivity contribution in [1.82, 2.24) is 20.1 Å². The van der Waals surface area contributed by atoms with Crippen molar-refractivity contribution in [2.75, 3.05) is 26.4 Å². The highest BCUT2D eigenvalue weighted by molar-refractivity contribution is 7.18. The molecule has 172 valence electrons. The zero-order valence-electron chi connectivity index (χ0n) is 18.9. The fourth-order valence-corrected chi connectivity index (χ4v) is 5.79. The van der Waals surface area contributed by atoms with Gasteiger partial charge < -0.3 is 10.1 Å². The Labute approximate surface area is 197 Å². The van der Waals surface area contributed by atoms with E-state index in [4.69, 9.17) is 9.72 Å². The number of ether oxygens (including phenoxy) is 1. The van der Waals surface area contributed by atoms with Crippen LogP contribution < -0.4 is 10.1 Å². The van der Waals surface area contributed by atoms with E-state index in [0.29, 0.717) is 19.2 Å². The van der Waals surface area contributed by atoms with Crippen LogP contribution in [0.3, 0.4) is 0 Å². The molecule has 2 aromatic carbocycles. The number of thiazole rings is 1. The molecule has 7 nitrogen and oxygen atoms in total. The summed E-state index contributed by atoms with van der Waals surface area (Å²) in [6.45, 7) is 6.24. The number of imide groups is 1. The van der Waals surface area contributed by atoms with Gasteiger partial charge in [0.15, 0.2) is 0 Å². The van der Waals surface area contributed by atoms with E-state index >= 15 is 0 Å². The number of para-hydroxylation sites is 1. The monoisotopic (exact) mass is 464 g/mol. The highest BCUT2D eigenvalue weighted by Crippen LogP contribution is 2.35. The van der Waals surface area contributed by atoms with Crippen LogP contribution in [0.2, 0.25) is 0 Å². The van der Waals surface area contributed by atoms with Gasteiger partial charge in [0, 0.05) is 19.0 Å². The quantitative estimate of drug-likeness (QED) is 0.551. The number of aromatic nitrogens is 1. The van der Waals surface area contributed by atoms with E-state index in [-0.39, 0.29) is 11.9 Å². The maximum Gasteiger partial charge on any atom is 0.326 e. The molecule has 3 aromatic rings. The summed E-state index contributed by atoms with van der Waals surface area (Å²) in [5, 5.41) is 4.09. The Morgan fingerprint density at radius 1 is 1.12 bits per heavy atom. The number of hydrogen-bond acceptors (Lipinski definition) is 6. The van der Waals surface area contributed by atoms with Crippen molar-refractivity contribution in [2.24, 2.45) is 0 Å². The van der Waals surface area contributed by atoms with E-state index in [1.807, 2.05) is 43.3 Å². The number of carbonyl (C=O) groups excluding carboxylic acids is 2. The summed E-state index contributed by atoms with van der Waals surface area (Å²) in [5.41, 5.74) is 0.746. The molecule has 3 amide bonds. The first kappa shape index (κ1) is 21.9. The Balaban J connectivity index is 1.22. The first-order chi connectivity index (χ1) is 16.0. The van der Waals surface area contributed by atoms with Crippen LogP contribution in [0, 0.1) is 0 Å². The molecule has 33 heavy (non-hydrogen) atoms. The van der Waals surface area contributed by atoms with E-state index in [9.17, 15) is 9.59 Å². The number of nitrogens with zero attached hydrogens (tertiary/aromatic N) is 3. The van der Waals surface area contributed by atoms with Crippen molar-refractivity contribution in [3.63, 3.8) is 0 Å². The fraction of sp³-hybridized carbons (Fsp3) is 0.400. The van der Waals surface area contributed by atoms with Crippen LogP contribution >= 0.6 is 11.3 Å². The van der Waals surface area contributed by atoms with Crippen molar-refractivity contribution in [1.29, 1.82) is 0 Å². The lowest BCUT2D eigenvalue weighted by molar-refractivity contribution is -0.132. The molecule has 0 spiro atoms. The topological polar surface area (TPSA) is 74.8 Å². The van der Waals surface area contributed by atoms with Crippen molar-refractivity contribution in [2.45, 2.75) is 38.1 Å². The third kappa shape index (κ3) is 4.09. The van der Waals surface area contributed by atoms with Gasteiger partial charge in [0.1, 0.15) is 11.3 Å². The summed E-state index contributed by atoms with van der Waals surface area (Å²) in [5.74, 6) is 0.954. The summed E-state index contributed by atoms with van der Waals surface area (Å²) in [7, 11) is 0. The summed E-state index contributed by atoms with van der Waals surface area (Å²) >= 11 is 1.77. The van der Waals surface area contributed by atoms with Gasteiger partial charge in [-0.2, -0.15) is 0 Å². The molecule has 0 radical (unpaired) electrons. The zero-order chi connectivity index (χ0) is 23.0. The average molecular weight is 465 g/mol. The van der Waals surface area contributed by atoms with Gasteiger partial charge in [0.25, 0.3) is 5.91 Å². The Bertz CT molecular complexity index is 1140. The van der Waals surface area contributed by atoms with Gasteiger partial charge in [-0.25, -0.2) is 14.7 Å². The molecule has 1 aromatic heterocycles. The zero-order valence-corrected chi connectivity index (χ0v) is 19.7. The number of rotatable bonds is 6. The minimum Gasteiger partial charge on any atom is -0.494 e. The molecule has 8 heteroatoms. The van der Waals surface area contributed by atoms with Crippen molar-refractivity contribution in [3.05, 3.63) is 59.1 Å². The number of likely N-dealkylation sites (tertiary alicyclic amines) is 1. The van der Waals surface area contributed by atoms with E-state index in [0.717, 1.165) is 42.8 Å². The summed E-state index contributed by atoms with van der Waals surface area (Å²) in [4.78, 5) is 34.4. The fourth-order valence-electron chi connectivity index (χ4n) is 4.66. The number of piperidine rings is 1. The maximum atomic E-state index is 13.3. The smallest absolute Gasteiger partial charge is 0.326 e. The molecule has 0 bridgehead atoms. The van der Waals surface area contributed by atoms with E-state index in [1.165, 1.54) is 14.6 Å². The number of nitrogens with one attached hydrogen (secondary N) is 1. The molecule has 2 saturated heterocycles. The van der Waals surface area contributed by atoms with E-state index in [2.05, 4.69) is 22.3 Å². The minimum atomic E-state index is -1.07. The molecule has 2 fully saturated rings. The van der Waals surface area contributed by atoms with Crippen LogP contribution in [0.15, 0.2) is 48.5 Å². The predicted octanol–water partition coefficient (Wildman–Crippen LogP) is 4.30. The van der Waals surface area contributed by atoms with Gasteiger partial charge in [0.05, 0.1) is 28.5 Å². The van der Waals surface area contributed by atoms with Crippen molar-refractivity contribution >= 4 is 33.5 Å². The number of hydrogen-bond donors (Lipinski definition) is 1. The molecule has 2 aliphatic rings. The average Bonchev–Trinajstić information content (AvgIpc) is 3.35. The molecule has 1 atom stereocenters. The van der Waals surface area contributed by atoms with Crippen LogP contribution in [0.25, 0.3) is 10.2 Å². The molecule has 3 heterocycles.